The third-order valence-electron chi connectivity index (χ3n) is 2.36. The van der Waals surface area contributed by atoms with Crippen molar-refractivity contribution in [2.45, 2.75) is 6.04 Å². The van der Waals surface area contributed by atoms with E-state index >= 15 is 0 Å². The molecule has 1 unspecified atom stereocenters. The molecule has 1 heterocycles. The monoisotopic (exact) mass is 270 g/mol. The number of rotatable bonds is 4. The number of benzene rings is 1. The fourth-order valence-corrected chi connectivity index (χ4v) is 2.63. The van der Waals surface area contributed by atoms with Crippen LogP contribution >= 0.6 is 22.9 Å². The third kappa shape index (κ3) is 3.19. The summed E-state index contributed by atoms with van der Waals surface area (Å²) in [5, 5.41) is 3.25. The molecule has 1 aromatic heterocycles. The molecule has 2 rings (SSSR count). The molecule has 1 atom stereocenters. The van der Waals surface area contributed by atoms with E-state index in [4.69, 9.17) is 17.3 Å². The van der Waals surface area contributed by atoms with Crippen molar-refractivity contribution < 1.29 is 4.39 Å². The van der Waals surface area contributed by atoms with Crippen LogP contribution in [0.15, 0.2) is 36.4 Å². The standard InChI is InChI=1S/C12H12ClFN2S/c13-12-6-5-11(17-12)10(7-15)16-9-3-1-8(14)2-4-9/h1-6,10,16H,7,15H2. The molecule has 0 amide bonds. The lowest BCUT2D eigenvalue weighted by atomic mass is 10.2. The van der Waals surface area contributed by atoms with Gasteiger partial charge < -0.3 is 11.1 Å². The summed E-state index contributed by atoms with van der Waals surface area (Å²) in [6.07, 6.45) is 0. The second-order valence-corrected chi connectivity index (χ2v) is 5.33. The Hall–Kier alpha value is -1.10. The molecule has 0 radical (unpaired) electrons. The first-order valence-corrected chi connectivity index (χ1v) is 6.36. The number of nitrogens with two attached hydrogens (primary N) is 1. The maximum Gasteiger partial charge on any atom is 0.123 e. The van der Waals surface area contributed by atoms with Crippen molar-refractivity contribution in [3.63, 3.8) is 0 Å². The fraction of sp³-hybridized carbons (Fsp3) is 0.167. The van der Waals surface area contributed by atoms with E-state index in [9.17, 15) is 4.39 Å². The number of nitrogens with one attached hydrogen (secondary N) is 1. The van der Waals surface area contributed by atoms with Crippen molar-refractivity contribution in [1.82, 2.24) is 0 Å². The SMILES string of the molecule is NCC(Nc1ccc(F)cc1)c1ccc(Cl)s1. The van der Waals surface area contributed by atoms with E-state index in [2.05, 4.69) is 5.32 Å². The van der Waals surface area contributed by atoms with Crippen LogP contribution in [0.5, 0.6) is 0 Å². The van der Waals surface area contributed by atoms with Crippen LogP contribution in [0.3, 0.4) is 0 Å². The van der Waals surface area contributed by atoms with Gasteiger partial charge >= 0.3 is 0 Å². The van der Waals surface area contributed by atoms with Crippen LogP contribution in [0.2, 0.25) is 4.34 Å². The summed E-state index contributed by atoms with van der Waals surface area (Å²) in [5.41, 5.74) is 6.56. The van der Waals surface area contributed by atoms with Gasteiger partial charge in [-0.2, -0.15) is 0 Å². The summed E-state index contributed by atoms with van der Waals surface area (Å²) in [5.74, 6) is -0.251. The van der Waals surface area contributed by atoms with Crippen molar-refractivity contribution in [3.05, 3.63) is 51.4 Å². The maximum absolute atomic E-state index is 12.8. The van der Waals surface area contributed by atoms with Gasteiger partial charge in [-0.05, 0) is 36.4 Å². The normalized spacial score (nSPS) is 12.4. The van der Waals surface area contributed by atoms with Crippen LogP contribution in [-0.2, 0) is 0 Å². The molecule has 17 heavy (non-hydrogen) atoms. The summed E-state index contributed by atoms with van der Waals surface area (Å²) >= 11 is 7.38. The van der Waals surface area contributed by atoms with E-state index in [0.29, 0.717) is 6.54 Å². The van der Waals surface area contributed by atoms with Crippen LogP contribution in [0, 0.1) is 5.82 Å². The molecule has 0 aliphatic rings. The van der Waals surface area contributed by atoms with Gasteiger partial charge in [-0.3, -0.25) is 0 Å². The topological polar surface area (TPSA) is 38.0 Å². The minimum absolute atomic E-state index is 0.00189. The van der Waals surface area contributed by atoms with Crippen molar-refractivity contribution in [3.8, 4) is 0 Å². The molecule has 1 aromatic carbocycles. The minimum Gasteiger partial charge on any atom is -0.376 e. The first-order chi connectivity index (χ1) is 8.19. The molecule has 0 bridgehead atoms. The Morgan fingerprint density at radius 1 is 1.24 bits per heavy atom. The number of halogens is 2. The molecular weight excluding hydrogens is 259 g/mol. The van der Waals surface area contributed by atoms with Gasteiger partial charge in [0.2, 0.25) is 0 Å². The Balaban J connectivity index is 2.12. The molecule has 0 aliphatic carbocycles. The summed E-state index contributed by atoms with van der Waals surface area (Å²) in [7, 11) is 0. The van der Waals surface area contributed by atoms with Gasteiger partial charge in [0, 0.05) is 17.1 Å². The molecule has 2 aromatic rings. The predicted molar refractivity (Wildman–Crippen MR) is 71.1 cm³/mol. The molecule has 3 N–H and O–H groups in total. The first kappa shape index (κ1) is 12.4. The Labute approximate surface area is 108 Å². The van der Waals surface area contributed by atoms with Gasteiger partial charge in [0.25, 0.3) is 0 Å². The lowest BCUT2D eigenvalue weighted by Gasteiger charge is -2.16. The first-order valence-electron chi connectivity index (χ1n) is 5.16. The highest BCUT2D eigenvalue weighted by Gasteiger charge is 2.11. The largest absolute Gasteiger partial charge is 0.376 e. The highest BCUT2D eigenvalue weighted by atomic mass is 35.5. The van der Waals surface area contributed by atoms with Gasteiger partial charge in [0.1, 0.15) is 5.82 Å². The zero-order valence-corrected chi connectivity index (χ0v) is 10.6. The van der Waals surface area contributed by atoms with E-state index in [0.717, 1.165) is 14.9 Å². The Kier molecular flexibility index (Phi) is 3.99. The lowest BCUT2D eigenvalue weighted by molar-refractivity contribution is 0.628. The summed E-state index contributed by atoms with van der Waals surface area (Å²) in [4.78, 5) is 1.07. The quantitative estimate of drug-likeness (QED) is 0.890. The zero-order chi connectivity index (χ0) is 12.3. The minimum atomic E-state index is -0.251. The van der Waals surface area contributed by atoms with Crippen molar-refractivity contribution >= 4 is 28.6 Å². The van der Waals surface area contributed by atoms with Crippen LogP contribution in [-0.4, -0.2) is 6.54 Å². The number of hydrogen-bond acceptors (Lipinski definition) is 3. The highest BCUT2D eigenvalue weighted by molar-refractivity contribution is 7.16. The third-order valence-corrected chi connectivity index (χ3v) is 3.70. The Morgan fingerprint density at radius 3 is 2.47 bits per heavy atom. The molecular formula is C12H12ClFN2S. The summed E-state index contributed by atoms with van der Waals surface area (Å²) < 4.78 is 13.5. The maximum atomic E-state index is 12.8. The van der Waals surface area contributed by atoms with Gasteiger partial charge in [-0.25, -0.2) is 4.39 Å². The predicted octanol–water partition coefficient (Wildman–Crippen LogP) is 3.65. The van der Waals surface area contributed by atoms with Gasteiger partial charge in [-0.15, -0.1) is 11.3 Å². The van der Waals surface area contributed by atoms with E-state index in [1.807, 2.05) is 12.1 Å². The number of anilines is 1. The average Bonchev–Trinajstić information content (AvgIpc) is 2.75. The van der Waals surface area contributed by atoms with Gasteiger partial charge in [0.15, 0.2) is 0 Å². The number of thiophene rings is 1. The summed E-state index contributed by atoms with van der Waals surface area (Å²) in [6, 6.07) is 9.99. The fourth-order valence-electron chi connectivity index (χ4n) is 1.51. The Morgan fingerprint density at radius 2 is 1.94 bits per heavy atom. The smallest absolute Gasteiger partial charge is 0.123 e. The van der Waals surface area contributed by atoms with Crippen LogP contribution in [0.25, 0.3) is 0 Å². The number of hydrogen-bond donors (Lipinski definition) is 2. The van der Waals surface area contributed by atoms with E-state index < -0.39 is 0 Å². The molecule has 0 aliphatic heterocycles. The molecule has 0 saturated heterocycles. The molecule has 5 heteroatoms. The summed E-state index contributed by atoms with van der Waals surface area (Å²) in [6.45, 7) is 0.453. The van der Waals surface area contributed by atoms with E-state index in [1.165, 1.54) is 23.5 Å². The van der Waals surface area contributed by atoms with E-state index in [-0.39, 0.29) is 11.9 Å². The van der Waals surface area contributed by atoms with Gasteiger partial charge in [0.05, 0.1) is 10.4 Å². The van der Waals surface area contributed by atoms with Crippen molar-refractivity contribution in [2.24, 2.45) is 5.73 Å². The van der Waals surface area contributed by atoms with Crippen molar-refractivity contribution in [1.29, 1.82) is 0 Å². The van der Waals surface area contributed by atoms with Crippen LogP contribution in [0.4, 0.5) is 10.1 Å². The lowest BCUT2D eigenvalue weighted by Crippen LogP contribution is -2.19. The molecule has 0 spiro atoms. The zero-order valence-electron chi connectivity index (χ0n) is 8.99. The molecule has 90 valence electrons. The van der Waals surface area contributed by atoms with Crippen molar-refractivity contribution in [2.75, 3.05) is 11.9 Å². The second-order valence-electron chi connectivity index (χ2n) is 3.58. The van der Waals surface area contributed by atoms with Crippen LogP contribution < -0.4 is 11.1 Å². The van der Waals surface area contributed by atoms with E-state index in [1.54, 1.807) is 12.1 Å². The molecule has 0 fully saturated rings. The molecule has 0 saturated carbocycles. The Bertz CT molecular complexity index is 484. The van der Waals surface area contributed by atoms with Gasteiger partial charge in [-0.1, -0.05) is 11.6 Å². The average molecular weight is 271 g/mol. The second kappa shape index (κ2) is 5.49. The highest BCUT2D eigenvalue weighted by Crippen LogP contribution is 2.28. The van der Waals surface area contributed by atoms with Crippen LogP contribution in [0.1, 0.15) is 10.9 Å². The molecule has 2 nitrogen and oxygen atoms in total.